The molecule has 1 atom stereocenters. The number of unbranched alkanes of at least 4 members (excludes halogenated alkanes) is 4. The summed E-state index contributed by atoms with van der Waals surface area (Å²) in [4.78, 5) is 26.9. The molecule has 2 amide bonds. The van der Waals surface area contributed by atoms with Gasteiger partial charge in [-0.2, -0.15) is 0 Å². The SMILES string of the molecule is N=C(N)NCCCCCCCNC(=O)NC(CC(=O)O)c1cccnc1. The van der Waals surface area contributed by atoms with Crippen LogP contribution in [0, 0.1) is 5.41 Å². The first-order chi connectivity index (χ1) is 12.5. The summed E-state index contributed by atoms with van der Waals surface area (Å²) >= 11 is 0. The van der Waals surface area contributed by atoms with Crippen LogP contribution < -0.4 is 21.7 Å². The molecule has 1 heterocycles. The zero-order chi connectivity index (χ0) is 19.2. The van der Waals surface area contributed by atoms with Gasteiger partial charge in [0, 0.05) is 25.5 Å². The third-order valence-electron chi connectivity index (χ3n) is 3.73. The molecular formula is C17H28N6O3. The predicted molar refractivity (Wildman–Crippen MR) is 98.8 cm³/mol. The van der Waals surface area contributed by atoms with Gasteiger partial charge >= 0.3 is 12.0 Å². The van der Waals surface area contributed by atoms with E-state index >= 15 is 0 Å². The molecule has 7 N–H and O–H groups in total. The van der Waals surface area contributed by atoms with Gasteiger partial charge in [0.15, 0.2) is 5.96 Å². The fourth-order valence-electron chi connectivity index (χ4n) is 2.42. The first-order valence-electron chi connectivity index (χ1n) is 8.73. The molecule has 1 aromatic heterocycles. The summed E-state index contributed by atoms with van der Waals surface area (Å²) < 4.78 is 0. The van der Waals surface area contributed by atoms with Crippen LogP contribution in [0.5, 0.6) is 0 Å². The van der Waals surface area contributed by atoms with Crippen molar-refractivity contribution >= 4 is 18.0 Å². The van der Waals surface area contributed by atoms with Crippen molar-refractivity contribution in [2.45, 2.75) is 44.6 Å². The Kier molecular flexibility index (Phi) is 10.2. The molecule has 0 radical (unpaired) electrons. The van der Waals surface area contributed by atoms with Gasteiger partial charge < -0.3 is 26.8 Å². The largest absolute Gasteiger partial charge is 0.481 e. The maximum absolute atomic E-state index is 12.0. The van der Waals surface area contributed by atoms with Gasteiger partial charge in [-0.05, 0) is 24.5 Å². The van der Waals surface area contributed by atoms with E-state index in [0.717, 1.165) is 32.1 Å². The number of pyridine rings is 1. The number of urea groups is 1. The summed E-state index contributed by atoms with van der Waals surface area (Å²) in [5.74, 6) is -0.994. The third kappa shape index (κ3) is 10.1. The Morgan fingerprint density at radius 2 is 1.81 bits per heavy atom. The number of carbonyl (C=O) groups is 2. The maximum atomic E-state index is 12.0. The van der Waals surface area contributed by atoms with Crippen LogP contribution in [0.1, 0.15) is 50.1 Å². The highest BCUT2D eigenvalue weighted by Gasteiger charge is 2.17. The van der Waals surface area contributed by atoms with Gasteiger partial charge in [-0.1, -0.05) is 25.3 Å². The summed E-state index contributed by atoms with van der Waals surface area (Å²) in [7, 11) is 0. The Labute approximate surface area is 153 Å². The van der Waals surface area contributed by atoms with Crippen LogP contribution in [0.4, 0.5) is 4.79 Å². The minimum absolute atomic E-state index is 0.00676. The predicted octanol–water partition coefficient (Wildman–Crippen LogP) is 1.33. The number of carboxylic acid groups (broad SMARTS) is 1. The van der Waals surface area contributed by atoms with Crippen molar-refractivity contribution in [1.82, 2.24) is 20.9 Å². The van der Waals surface area contributed by atoms with Crippen molar-refractivity contribution in [3.8, 4) is 0 Å². The quantitative estimate of drug-likeness (QED) is 0.187. The monoisotopic (exact) mass is 364 g/mol. The van der Waals surface area contributed by atoms with Gasteiger partial charge in [-0.15, -0.1) is 0 Å². The van der Waals surface area contributed by atoms with Crippen LogP contribution in [-0.4, -0.2) is 41.1 Å². The molecule has 1 unspecified atom stereocenters. The lowest BCUT2D eigenvalue weighted by Gasteiger charge is -2.17. The third-order valence-corrected chi connectivity index (χ3v) is 3.73. The van der Waals surface area contributed by atoms with E-state index in [1.165, 1.54) is 0 Å². The molecule has 0 aromatic carbocycles. The number of nitrogens with two attached hydrogens (primary N) is 1. The van der Waals surface area contributed by atoms with E-state index in [0.29, 0.717) is 18.7 Å². The molecule has 0 saturated carbocycles. The molecular weight excluding hydrogens is 336 g/mol. The molecule has 0 spiro atoms. The molecule has 1 aromatic rings. The lowest BCUT2D eigenvalue weighted by molar-refractivity contribution is -0.137. The molecule has 0 bridgehead atoms. The number of carboxylic acids is 1. The lowest BCUT2D eigenvalue weighted by atomic mass is 10.1. The Bertz CT molecular complexity index is 567. The van der Waals surface area contributed by atoms with Crippen LogP contribution >= 0.6 is 0 Å². The topological polar surface area (TPSA) is 153 Å². The van der Waals surface area contributed by atoms with E-state index in [2.05, 4.69) is 20.9 Å². The van der Waals surface area contributed by atoms with Crippen molar-refractivity contribution in [2.75, 3.05) is 13.1 Å². The van der Waals surface area contributed by atoms with Crippen molar-refractivity contribution in [3.05, 3.63) is 30.1 Å². The summed E-state index contributed by atoms with van der Waals surface area (Å²) in [6, 6.07) is 2.44. The number of guanidine groups is 1. The Hall–Kier alpha value is -2.84. The molecule has 9 nitrogen and oxygen atoms in total. The van der Waals surface area contributed by atoms with E-state index in [1.807, 2.05) is 0 Å². The van der Waals surface area contributed by atoms with Crippen LogP contribution in [0.25, 0.3) is 0 Å². The van der Waals surface area contributed by atoms with E-state index in [4.69, 9.17) is 16.2 Å². The summed E-state index contributed by atoms with van der Waals surface area (Å²) in [6.07, 6.45) is 7.81. The van der Waals surface area contributed by atoms with Gasteiger partial charge in [0.25, 0.3) is 0 Å². The maximum Gasteiger partial charge on any atom is 0.315 e. The summed E-state index contributed by atoms with van der Waals surface area (Å²) in [5.41, 5.74) is 5.85. The van der Waals surface area contributed by atoms with E-state index < -0.39 is 12.0 Å². The van der Waals surface area contributed by atoms with Gasteiger partial charge in [-0.25, -0.2) is 4.79 Å². The summed E-state index contributed by atoms with van der Waals surface area (Å²) in [6.45, 7) is 1.24. The zero-order valence-electron chi connectivity index (χ0n) is 14.8. The van der Waals surface area contributed by atoms with E-state index in [1.54, 1.807) is 24.5 Å². The normalized spacial score (nSPS) is 11.4. The minimum atomic E-state index is -0.988. The van der Waals surface area contributed by atoms with Crippen molar-refractivity contribution in [1.29, 1.82) is 5.41 Å². The number of aliphatic carboxylic acids is 1. The zero-order valence-corrected chi connectivity index (χ0v) is 14.8. The average molecular weight is 364 g/mol. The number of amides is 2. The number of nitrogens with one attached hydrogen (secondary N) is 4. The van der Waals surface area contributed by atoms with E-state index in [-0.39, 0.29) is 18.4 Å². The summed E-state index contributed by atoms with van der Waals surface area (Å²) in [5, 5.41) is 24.2. The number of carbonyl (C=O) groups excluding carboxylic acids is 1. The number of hydrogen-bond donors (Lipinski definition) is 6. The minimum Gasteiger partial charge on any atom is -0.481 e. The molecule has 0 saturated heterocycles. The lowest BCUT2D eigenvalue weighted by Crippen LogP contribution is -2.39. The van der Waals surface area contributed by atoms with Crippen LogP contribution in [0.3, 0.4) is 0 Å². The van der Waals surface area contributed by atoms with Crippen LogP contribution in [-0.2, 0) is 4.79 Å². The van der Waals surface area contributed by atoms with Crippen molar-refractivity contribution in [3.63, 3.8) is 0 Å². The standard InChI is InChI=1S/C17H28N6O3/c18-16(19)21-9-4-2-1-3-5-10-22-17(26)23-14(11-15(24)25)13-7-6-8-20-12-13/h6-8,12,14H,1-5,9-11H2,(H,24,25)(H4,18,19,21)(H2,22,23,26). The van der Waals surface area contributed by atoms with Crippen molar-refractivity contribution in [2.24, 2.45) is 5.73 Å². The van der Waals surface area contributed by atoms with Gasteiger partial charge in [-0.3, -0.25) is 15.2 Å². The number of rotatable bonds is 12. The first-order valence-corrected chi connectivity index (χ1v) is 8.73. The fourth-order valence-corrected chi connectivity index (χ4v) is 2.42. The molecule has 0 aliphatic rings. The molecule has 0 aliphatic heterocycles. The Balaban J connectivity index is 2.19. The molecule has 0 fully saturated rings. The van der Waals surface area contributed by atoms with Crippen LogP contribution in [0.2, 0.25) is 0 Å². The van der Waals surface area contributed by atoms with Crippen molar-refractivity contribution < 1.29 is 14.7 Å². The second-order valence-corrected chi connectivity index (χ2v) is 5.95. The number of nitrogens with zero attached hydrogens (tertiary/aromatic N) is 1. The van der Waals surface area contributed by atoms with E-state index in [9.17, 15) is 9.59 Å². The molecule has 9 heteroatoms. The van der Waals surface area contributed by atoms with Gasteiger partial charge in [0.2, 0.25) is 0 Å². The Morgan fingerprint density at radius 1 is 1.15 bits per heavy atom. The van der Waals surface area contributed by atoms with Crippen LogP contribution in [0.15, 0.2) is 24.5 Å². The highest BCUT2D eigenvalue weighted by molar-refractivity contribution is 5.76. The number of hydrogen-bond acceptors (Lipinski definition) is 4. The number of aromatic nitrogens is 1. The average Bonchev–Trinajstić information content (AvgIpc) is 2.60. The molecule has 144 valence electrons. The Morgan fingerprint density at radius 3 is 2.38 bits per heavy atom. The highest BCUT2D eigenvalue weighted by Crippen LogP contribution is 2.15. The fraction of sp³-hybridized carbons (Fsp3) is 0.529. The first kappa shape index (κ1) is 21.2. The van der Waals surface area contributed by atoms with Gasteiger partial charge in [0.05, 0.1) is 12.5 Å². The second-order valence-electron chi connectivity index (χ2n) is 5.95. The molecule has 1 rings (SSSR count). The smallest absolute Gasteiger partial charge is 0.315 e. The second kappa shape index (κ2) is 12.5. The molecule has 0 aliphatic carbocycles. The molecule has 26 heavy (non-hydrogen) atoms. The highest BCUT2D eigenvalue weighted by atomic mass is 16.4. The van der Waals surface area contributed by atoms with Gasteiger partial charge in [0.1, 0.15) is 0 Å².